The van der Waals surface area contributed by atoms with Gasteiger partial charge in [-0.3, -0.25) is 14.9 Å². The second kappa shape index (κ2) is 8.98. The van der Waals surface area contributed by atoms with Gasteiger partial charge in [-0.25, -0.2) is 0 Å². The third-order valence-corrected chi connectivity index (χ3v) is 6.59. The maximum Gasteiger partial charge on any atom is 0.233 e. The highest BCUT2D eigenvalue weighted by atomic mass is 32.1. The van der Waals surface area contributed by atoms with E-state index in [1.807, 2.05) is 68.1 Å². The van der Waals surface area contributed by atoms with Crippen LogP contribution in [0.2, 0.25) is 0 Å². The van der Waals surface area contributed by atoms with Crippen molar-refractivity contribution in [1.82, 2.24) is 10.2 Å². The first-order valence-corrected chi connectivity index (χ1v) is 11.3. The highest BCUT2D eigenvalue weighted by molar-refractivity contribution is 7.15. The van der Waals surface area contributed by atoms with Crippen LogP contribution < -0.4 is 10.2 Å². The molecule has 0 spiro atoms. The predicted molar refractivity (Wildman–Crippen MR) is 124 cm³/mol. The Balaban J connectivity index is 1.45. The molecule has 6 nitrogen and oxygen atoms in total. The molecule has 2 aromatic carbocycles. The van der Waals surface area contributed by atoms with Crippen molar-refractivity contribution >= 4 is 34.0 Å². The molecule has 2 heterocycles. The highest BCUT2D eigenvalue weighted by Crippen LogP contribution is 2.35. The molecule has 160 valence electrons. The van der Waals surface area contributed by atoms with Gasteiger partial charge in [-0.05, 0) is 49.1 Å². The number of benzene rings is 2. The van der Waals surface area contributed by atoms with E-state index in [4.69, 9.17) is 0 Å². The van der Waals surface area contributed by atoms with Crippen LogP contribution >= 0.6 is 11.3 Å². The third-order valence-electron chi connectivity index (χ3n) is 5.59. The van der Waals surface area contributed by atoms with E-state index in [-0.39, 0.29) is 23.7 Å². The molecule has 3 aromatic rings. The van der Waals surface area contributed by atoms with Crippen LogP contribution in [0.1, 0.15) is 53.3 Å². The number of aromatic nitrogens is 2. The number of nitrogens with zero attached hydrogens (tertiary/aromatic N) is 3. The summed E-state index contributed by atoms with van der Waals surface area (Å²) in [6.07, 6.45) is 1.10. The number of rotatable bonds is 6. The summed E-state index contributed by atoms with van der Waals surface area (Å²) in [6, 6.07) is 15.9. The summed E-state index contributed by atoms with van der Waals surface area (Å²) < 4.78 is 0. The average Bonchev–Trinajstić information content (AvgIpc) is 3.35. The van der Waals surface area contributed by atoms with Gasteiger partial charge in [-0.2, -0.15) is 0 Å². The van der Waals surface area contributed by atoms with Crippen molar-refractivity contribution in [2.75, 3.05) is 16.8 Å². The summed E-state index contributed by atoms with van der Waals surface area (Å²) in [4.78, 5) is 27.3. The zero-order chi connectivity index (χ0) is 22.0. The molecule has 1 aromatic heterocycles. The van der Waals surface area contributed by atoms with Crippen LogP contribution in [0.4, 0.5) is 10.8 Å². The van der Waals surface area contributed by atoms with Crippen LogP contribution in [0.3, 0.4) is 0 Å². The van der Waals surface area contributed by atoms with Crippen LogP contribution in [0, 0.1) is 13.8 Å². The Kier molecular flexibility index (Phi) is 6.13. The van der Waals surface area contributed by atoms with Gasteiger partial charge >= 0.3 is 0 Å². The van der Waals surface area contributed by atoms with Crippen LogP contribution in [-0.4, -0.2) is 28.6 Å². The maximum absolute atomic E-state index is 12.8. The van der Waals surface area contributed by atoms with E-state index >= 15 is 0 Å². The van der Waals surface area contributed by atoms with Crippen molar-refractivity contribution in [3.8, 4) is 0 Å². The topological polar surface area (TPSA) is 75.2 Å². The molecule has 2 amide bonds. The largest absolute Gasteiger partial charge is 0.312 e. The van der Waals surface area contributed by atoms with Crippen LogP contribution in [-0.2, 0) is 9.59 Å². The lowest BCUT2D eigenvalue weighted by molar-refractivity contribution is -0.118. The number of carbonyl (C=O) groups is 2. The number of anilines is 2. The smallest absolute Gasteiger partial charge is 0.233 e. The molecule has 0 saturated carbocycles. The summed E-state index contributed by atoms with van der Waals surface area (Å²) in [5.74, 6) is -0.254. The van der Waals surface area contributed by atoms with E-state index in [0.717, 1.165) is 27.4 Å². The number of hydrogen-bond donors (Lipinski definition) is 1. The molecule has 0 bridgehead atoms. The van der Waals surface area contributed by atoms with E-state index in [1.165, 1.54) is 11.3 Å². The second-order valence-electron chi connectivity index (χ2n) is 8.06. The molecular formula is C24H26N4O2S. The molecule has 1 aliphatic rings. The number of hydrogen-bond acceptors (Lipinski definition) is 5. The number of nitrogens with one attached hydrogen (secondary N) is 1. The second-order valence-corrected chi connectivity index (χ2v) is 9.07. The number of amides is 2. The minimum absolute atomic E-state index is 0.0208. The summed E-state index contributed by atoms with van der Waals surface area (Å²) in [7, 11) is 0. The van der Waals surface area contributed by atoms with Gasteiger partial charge in [-0.15, -0.1) is 10.2 Å². The molecule has 31 heavy (non-hydrogen) atoms. The van der Waals surface area contributed by atoms with Crippen LogP contribution in [0.25, 0.3) is 0 Å². The summed E-state index contributed by atoms with van der Waals surface area (Å²) in [5, 5.41) is 12.6. The normalized spacial score (nSPS) is 17.1. The molecule has 0 radical (unpaired) electrons. The van der Waals surface area contributed by atoms with Gasteiger partial charge in [0.05, 0.1) is 5.92 Å². The fraction of sp³-hybridized carbons (Fsp3) is 0.333. The van der Waals surface area contributed by atoms with E-state index in [1.54, 1.807) is 0 Å². The van der Waals surface area contributed by atoms with Crippen LogP contribution in [0.15, 0.2) is 48.5 Å². The van der Waals surface area contributed by atoms with Gasteiger partial charge in [0.2, 0.25) is 16.9 Å². The Labute approximate surface area is 186 Å². The predicted octanol–water partition coefficient (Wildman–Crippen LogP) is 4.81. The molecule has 1 saturated heterocycles. The monoisotopic (exact) mass is 434 g/mol. The molecule has 2 atom stereocenters. The van der Waals surface area contributed by atoms with Crippen molar-refractivity contribution in [3.05, 3.63) is 70.2 Å². The van der Waals surface area contributed by atoms with E-state index in [9.17, 15) is 9.59 Å². The Morgan fingerprint density at radius 1 is 1.16 bits per heavy atom. The van der Waals surface area contributed by atoms with Gasteiger partial charge < -0.3 is 4.90 Å². The maximum atomic E-state index is 12.8. The first-order valence-electron chi connectivity index (χ1n) is 10.5. The highest BCUT2D eigenvalue weighted by Gasteiger charge is 2.34. The van der Waals surface area contributed by atoms with Crippen molar-refractivity contribution in [2.24, 2.45) is 0 Å². The minimum atomic E-state index is -0.235. The molecule has 4 rings (SSSR count). The molecule has 7 heteroatoms. The lowest BCUT2D eigenvalue weighted by Crippen LogP contribution is -2.24. The molecule has 2 unspecified atom stereocenters. The van der Waals surface area contributed by atoms with Gasteiger partial charge in [0.15, 0.2) is 0 Å². The van der Waals surface area contributed by atoms with E-state index < -0.39 is 0 Å². The zero-order valence-corrected chi connectivity index (χ0v) is 18.8. The van der Waals surface area contributed by atoms with Gasteiger partial charge in [0.1, 0.15) is 5.01 Å². The van der Waals surface area contributed by atoms with E-state index in [0.29, 0.717) is 24.5 Å². The molecule has 1 aliphatic heterocycles. The Morgan fingerprint density at radius 3 is 2.55 bits per heavy atom. The number of aryl methyl sites for hydroxylation is 2. The first kappa shape index (κ1) is 21.2. The third kappa shape index (κ3) is 4.66. The van der Waals surface area contributed by atoms with Gasteiger partial charge in [-0.1, -0.05) is 54.7 Å². The quantitative estimate of drug-likeness (QED) is 0.604. The van der Waals surface area contributed by atoms with Crippen molar-refractivity contribution in [2.45, 2.75) is 45.4 Å². The van der Waals surface area contributed by atoms with Gasteiger partial charge in [0, 0.05) is 24.6 Å². The number of carbonyl (C=O) groups excluding carboxylic acids is 2. The Bertz CT molecular complexity index is 1080. The van der Waals surface area contributed by atoms with Crippen molar-refractivity contribution < 1.29 is 9.59 Å². The van der Waals surface area contributed by atoms with Crippen molar-refractivity contribution in [1.29, 1.82) is 0 Å². The Morgan fingerprint density at radius 2 is 1.87 bits per heavy atom. The lowest BCUT2D eigenvalue weighted by Gasteiger charge is -2.17. The summed E-state index contributed by atoms with van der Waals surface area (Å²) in [6.45, 7) is 6.64. The molecular weight excluding hydrogens is 408 g/mol. The summed E-state index contributed by atoms with van der Waals surface area (Å²) in [5.41, 5.74) is 4.18. The SMILES string of the molecule is CCC(C(=O)Nc1nnc(C2CC(=O)N(c3cc(C)cc(C)c3)C2)s1)c1ccccc1. The molecule has 0 aliphatic carbocycles. The van der Waals surface area contributed by atoms with Crippen LogP contribution in [0.5, 0.6) is 0 Å². The van der Waals surface area contributed by atoms with Crippen molar-refractivity contribution in [3.63, 3.8) is 0 Å². The Hall–Kier alpha value is -3.06. The zero-order valence-electron chi connectivity index (χ0n) is 18.0. The van der Waals surface area contributed by atoms with Gasteiger partial charge in [0.25, 0.3) is 0 Å². The standard InChI is InChI=1S/C24H26N4O2S/c1-4-20(17-8-6-5-7-9-17)22(30)25-24-27-26-23(31-24)18-13-21(29)28(14-18)19-11-15(2)10-16(3)12-19/h5-12,18,20H,4,13-14H2,1-3H3,(H,25,27,30). The minimum Gasteiger partial charge on any atom is -0.312 e. The lowest BCUT2D eigenvalue weighted by atomic mass is 9.96. The molecule has 1 N–H and O–H groups in total. The fourth-order valence-electron chi connectivity index (χ4n) is 4.13. The van der Waals surface area contributed by atoms with E-state index in [2.05, 4.69) is 21.6 Å². The summed E-state index contributed by atoms with van der Waals surface area (Å²) >= 11 is 1.35. The fourth-order valence-corrected chi connectivity index (χ4v) is 4.97. The average molecular weight is 435 g/mol. The first-order chi connectivity index (χ1) is 14.9. The molecule has 1 fully saturated rings.